The van der Waals surface area contributed by atoms with E-state index >= 15 is 0 Å². The molecule has 0 radical (unpaired) electrons. The van der Waals surface area contributed by atoms with Gasteiger partial charge in [-0.1, -0.05) is 24.3 Å². The predicted molar refractivity (Wildman–Crippen MR) is 127 cm³/mol. The van der Waals surface area contributed by atoms with Crippen LogP contribution >= 0.6 is 0 Å². The van der Waals surface area contributed by atoms with E-state index in [1.165, 1.54) is 36.2 Å². The van der Waals surface area contributed by atoms with Gasteiger partial charge >= 0.3 is 0 Å². The molecular weight excluding hydrogens is 483 g/mol. The fourth-order valence-corrected chi connectivity index (χ4v) is 5.25. The average Bonchev–Trinajstić information content (AvgIpc) is 2.82. The summed E-state index contributed by atoms with van der Waals surface area (Å²) in [6, 6.07) is 4.52. The standard InChI is InChI=1S/C23H24F3N5O3S/c1-13(15-4-3-5-18(19(15)24)23(25,26)11-27)30-20-17-10-16(14-6-8-35(33,34)9-7-14)22(32)31(2)21(17)29-12-28-20/h3-6,10,12-13H,7-9,11,27H2,1-2H3,(H,28,29,30). The summed E-state index contributed by atoms with van der Waals surface area (Å²) in [7, 11) is -1.65. The number of hydrogen-bond donors (Lipinski definition) is 2. The van der Waals surface area contributed by atoms with Gasteiger partial charge in [-0.3, -0.25) is 9.36 Å². The number of nitrogens with two attached hydrogens (primary N) is 1. The van der Waals surface area contributed by atoms with Crippen molar-refractivity contribution in [1.29, 1.82) is 0 Å². The molecule has 1 aromatic carbocycles. The Labute approximate surface area is 199 Å². The van der Waals surface area contributed by atoms with Crippen LogP contribution in [0.2, 0.25) is 0 Å². The molecule has 12 heteroatoms. The van der Waals surface area contributed by atoms with E-state index in [2.05, 4.69) is 15.3 Å². The molecule has 186 valence electrons. The fraction of sp³-hybridized carbons (Fsp3) is 0.348. The predicted octanol–water partition coefficient (Wildman–Crippen LogP) is 2.89. The summed E-state index contributed by atoms with van der Waals surface area (Å²) < 4.78 is 68.1. The van der Waals surface area contributed by atoms with Gasteiger partial charge in [-0.15, -0.1) is 0 Å². The number of rotatable bonds is 6. The number of nitrogens with zero attached hydrogens (tertiary/aromatic N) is 3. The van der Waals surface area contributed by atoms with E-state index < -0.39 is 39.7 Å². The minimum atomic E-state index is -3.52. The molecule has 3 N–H and O–H groups in total. The highest BCUT2D eigenvalue weighted by atomic mass is 32.2. The first kappa shape index (κ1) is 24.9. The van der Waals surface area contributed by atoms with Crippen molar-refractivity contribution in [1.82, 2.24) is 14.5 Å². The molecule has 1 aliphatic heterocycles. The molecule has 8 nitrogen and oxygen atoms in total. The molecule has 1 unspecified atom stereocenters. The van der Waals surface area contributed by atoms with E-state index in [0.717, 1.165) is 6.07 Å². The van der Waals surface area contributed by atoms with Gasteiger partial charge in [-0.2, -0.15) is 8.78 Å². The summed E-state index contributed by atoms with van der Waals surface area (Å²) in [5.41, 5.74) is 5.20. The Morgan fingerprint density at radius 1 is 1.29 bits per heavy atom. The molecule has 0 saturated heterocycles. The van der Waals surface area contributed by atoms with Gasteiger partial charge in [0, 0.05) is 18.2 Å². The Morgan fingerprint density at radius 3 is 2.69 bits per heavy atom. The summed E-state index contributed by atoms with van der Waals surface area (Å²) in [6.07, 6.45) is 2.96. The van der Waals surface area contributed by atoms with Crippen LogP contribution in [0.3, 0.4) is 0 Å². The first-order chi connectivity index (χ1) is 16.4. The first-order valence-electron chi connectivity index (χ1n) is 10.8. The van der Waals surface area contributed by atoms with Crippen molar-refractivity contribution in [2.24, 2.45) is 12.8 Å². The molecule has 2 aromatic heterocycles. The number of pyridine rings is 1. The number of allylic oxidation sites excluding steroid dienone is 1. The van der Waals surface area contributed by atoms with Crippen LogP contribution in [0, 0.1) is 5.82 Å². The van der Waals surface area contributed by atoms with E-state index in [9.17, 15) is 26.4 Å². The second-order valence-corrected chi connectivity index (χ2v) is 10.7. The van der Waals surface area contributed by atoms with Crippen molar-refractivity contribution in [3.05, 3.63) is 69.5 Å². The molecule has 0 aliphatic carbocycles. The van der Waals surface area contributed by atoms with Crippen molar-refractivity contribution >= 4 is 32.3 Å². The molecule has 1 atom stereocenters. The van der Waals surface area contributed by atoms with E-state index in [0.29, 0.717) is 22.2 Å². The van der Waals surface area contributed by atoms with Crippen LogP contribution in [-0.4, -0.2) is 41.0 Å². The van der Waals surface area contributed by atoms with Crippen molar-refractivity contribution in [3.63, 3.8) is 0 Å². The van der Waals surface area contributed by atoms with Crippen LogP contribution < -0.4 is 16.6 Å². The number of hydrogen-bond acceptors (Lipinski definition) is 7. The summed E-state index contributed by atoms with van der Waals surface area (Å²) in [6.45, 7) is 0.563. The Morgan fingerprint density at radius 2 is 2.03 bits per heavy atom. The van der Waals surface area contributed by atoms with Crippen LogP contribution in [0.5, 0.6) is 0 Å². The highest BCUT2D eigenvalue weighted by molar-refractivity contribution is 7.91. The van der Waals surface area contributed by atoms with Crippen molar-refractivity contribution in [3.8, 4) is 0 Å². The van der Waals surface area contributed by atoms with Gasteiger partial charge in [0.25, 0.3) is 11.5 Å². The number of anilines is 1. The molecule has 3 aromatic rings. The molecule has 3 heterocycles. The largest absolute Gasteiger partial charge is 0.363 e. The quantitative estimate of drug-likeness (QED) is 0.526. The summed E-state index contributed by atoms with van der Waals surface area (Å²) in [5.74, 6) is -4.53. The molecule has 4 rings (SSSR count). The molecule has 0 saturated carbocycles. The number of nitrogens with one attached hydrogen (secondary N) is 1. The van der Waals surface area contributed by atoms with Crippen LogP contribution in [0.25, 0.3) is 16.6 Å². The van der Waals surface area contributed by atoms with E-state index in [4.69, 9.17) is 5.73 Å². The maximum atomic E-state index is 15.0. The zero-order valence-electron chi connectivity index (χ0n) is 19.1. The molecule has 35 heavy (non-hydrogen) atoms. The number of benzene rings is 1. The zero-order chi connectivity index (χ0) is 25.5. The smallest absolute Gasteiger partial charge is 0.288 e. The average molecular weight is 508 g/mol. The lowest BCUT2D eigenvalue weighted by Gasteiger charge is -2.21. The number of fused-ring (bicyclic) bond motifs is 1. The SMILES string of the molecule is CC(Nc1ncnc2c1cc(C1=CCS(=O)(=O)CC1)c(=O)n2C)c1cccc(C(F)(F)CN)c1F. The topological polar surface area (TPSA) is 120 Å². The first-order valence-corrected chi connectivity index (χ1v) is 12.6. The lowest BCUT2D eigenvalue weighted by atomic mass is 9.99. The number of aromatic nitrogens is 3. The van der Waals surface area contributed by atoms with Gasteiger partial charge in [0.05, 0.1) is 35.0 Å². The molecule has 0 spiro atoms. The third-order valence-corrected chi connectivity index (χ3v) is 7.62. The molecule has 1 aliphatic rings. The summed E-state index contributed by atoms with van der Waals surface area (Å²) in [5, 5.41) is 3.47. The van der Waals surface area contributed by atoms with Crippen molar-refractivity contribution in [2.75, 3.05) is 23.4 Å². The lowest BCUT2D eigenvalue weighted by Crippen LogP contribution is -2.27. The van der Waals surface area contributed by atoms with Crippen LogP contribution in [0.4, 0.5) is 19.0 Å². The van der Waals surface area contributed by atoms with Crippen LogP contribution in [0.15, 0.2) is 41.5 Å². The van der Waals surface area contributed by atoms with Crippen molar-refractivity contribution in [2.45, 2.75) is 25.3 Å². The third kappa shape index (κ3) is 4.67. The number of halogens is 3. The highest BCUT2D eigenvalue weighted by Crippen LogP contribution is 2.33. The minimum absolute atomic E-state index is 0.00683. The second-order valence-electron chi connectivity index (χ2n) is 8.46. The number of aryl methyl sites for hydroxylation is 1. The fourth-order valence-electron chi connectivity index (χ4n) is 4.10. The van der Waals surface area contributed by atoms with Crippen LogP contribution in [0.1, 0.15) is 36.1 Å². The maximum absolute atomic E-state index is 15.0. The summed E-state index contributed by atoms with van der Waals surface area (Å²) in [4.78, 5) is 21.4. The van der Waals surface area contributed by atoms with Gasteiger partial charge in [0.1, 0.15) is 23.6 Å². The van der Waals surface area contributed by atoms with Gasteiger partial charge < -0.3 is 11.1 Å². The Balaban J connectivity index is 1.77. The normalized spacial score (nSPS) is 16.7. The van der Waals surface area contributed by atoms with Crippen molar-refractivity contribution < 1.29 is 21.6 Å². The molecule has 0 bridgehead atoms. The Hall–Kier alpha value is -3.25. The molecule has 0 amide bonds. The summed E-state index contributed by atoms with van der Waals surface area (Å²) >= 11 is 0. The van der Waals surface area contributed by atoms with Crippen LogP contribution in [-0.2, 0) is 22.8 Å². The Kier molecular flexibility index (Phi) is 6.45. The lowest BCUT2D eigenvalue weighted by molar-refractivity contribution is 0.00220. The Bertz CT molecular complexity index is 1500. The van der Waals surface area contributed by atoms with Gasteiger partial charge in [-0.05, 0) is 25.0 Å². The molecular formula is C23H24F3N5O3S. The maximum Gasteiger partial charge on any atom is 0.288 e. The van der Waals surface area contributed by atoms with Gasteiger partial charge in [0.2, 0.25) is 0 Å². The van der Waals surface area contributed by atoms with Gasteiger partial charge in [0.15, 0.2) is 9.84 Å². The van der Waals surface area contributed by atoms with E-state index in [1.807, 2.05) is 0 Å². The number of sulfone groups is 1. The third-order valence-electron chi connectivity index (χ3n) is 6.12. The zero-order valence-corrected chi connectivity index (χ0v) is 19.9. The molecule has 0 fully saturated rings. The number of alkyl halides is 2. The minimum Gasteiger partial charge on any atom is -0.363 e. The van der Waals surface area contributed by atoms with E-state index in [1.54, 1.807) is 13.0 Å². The van der Waals surface area contributed by atoms with E-state index in [-0.39, 0.29) is 34.9 Å². The highest BCUT2D eigenvalue weighted by Gasteiger charge is 2.34. The van der Waals surface area contributed by atoms with Gasteiger partial charge in [-0.25, -0.2) is 22.8 Å². The second kappa shape index (κ2) is 9.08. The monoisotopic (exact) mass is 507 g/mol.